The molecule has 0 aromatic heterocycles. The monoisotopic (exact) mass is 460 g/mol. The van der Waals surface area contributed by atoms with Gasteiger partial charge in [0.15, 0.2) is 8.32 Å². The van der Waals surface area contributed by atoms with Crippen LogP contribution in [0, 0.1) is 5.92 Å². The van der Waals surface area contributed by atoms with Crippen molar-refractivity contribution in [1.82, 2.24) is 0 Å². The molecule has 0 unspecified atom stereocenters. The van der Waals surface area contributed by atoms with E-state index in [1.807, 2.05) is 12.2 Å². The summed E-state index contributed by atoms with van der Waals surface area (Å²) < 4.78 is 19.0. The average molecular weight is 461 g/mol. The van der Waals surface area contributed by atoms with Crippen molar-refractivity contribution in [3.63, 3.8) is 0 Å². The van der Waals surface area contributed by atoms with E-state index in [0.29, 0.717) is 11.8 Å². The zero-order chi connectivity index (χ0) is 24.1. The molecule has 0 amide bonds. The smallest absolute Gasteiger partial charge is 0.192 e. The van der Waals surface area contributed by atoms with E-state index >= 15 is 0 Å². The number of ether oxygens (including phenoxy) is 2. The average Bonchev–Trinajstić information content (AvgIpc) is 2.82. The molecule has 0 spiro atoms. The Labute approximate surface area is 199 Å². The van der Waals surface area contributed by atoms with Crippen molar-refractivity contribution in [3.05, 3.63) is 48.6 Å². The Morgan fingerprint density at radius 1 is 0.906 bits per heavy atom. The fourth-order valence-electron chi connectivity index (χ4n) is 4.73. The highest BCUT2D eigenvalue weighted by atomic mass is 28.4. The summed E-state index contributed by atoms with van der Waals surface area (Å²) >= 11 is 0. The highest BCUT2D eigenvalue weighted by Crippen LogP contribution is 2.44. The quantitative estimate of drug-likeness (QED) is 0.172. The molecule has 0 bridgehead atoms. The van der Waals surface area contributed by atoms with Crippen LogP contribution in [0.4, 0.5) is 0 Å². The molecule has 0 N–H and O–H groups in total. The molecule has 0 saturated carbocycles. The zero-order valence-corrected chi connectivity index (χ0v) is 22.8. The molecular weight excluding hydrogens is 412 g/mol. The second-order valence-corrected chi connectivity index (χ2v) is 13.7. The summed E-state index contributed by atoms with van der Waals surface area (Å²) in [6.45, 7) is 19.3. The summed E-state index contributed by atoms with van der Waals surface area (Å²) in [5.74, 6) is 2.47. The van der Waals surface area contributed by atoms with E-state index in [1.54, 1.807) is 14.2 Å². The minimum atomic E-state index is -1.81. The Bertz CT molecular complexity index is 663. The maximum absolute atomic E-state index is 7.06. The van der Waals surface area contributed by atoms with Crippen molar-refractivity contribution in [3.8, 4) is 11.5 Å². The lowest BCUT2D eigenvalue weighted by atomic mass is 9.86. The zero-order valence-electron chi connectivity index (χ0n) is 21.8. The Balaban J connectivity index is 3.60. The number of allylic oxidation sites excluding steroid dienone is 2. The first-order valence-corrected chi connectivity index (χ1v) is 15.1. The predicted molar refractivity (Wildman–Crippen MR) is 142 cm³/mol. The third-order valence-electron chi connectivity index (χ3n) is 7.03. The Kier molecular flexibility index (Phi) is 13.0. The van der Waals surface area contributed by atoms with Crippen molar-refractivity contribution >= 4 is 8.32 Å². The van der Waals surface area contributed by atoms with Crippen LogP contribution >= 0.6 is 0 Å². The van der Waals surface area contributed by atoms with Gasteiger partial charge in [0.25, 0.3) is 0 Å². The van der Waals surface area contributed by atoms with E-state index < -0.39 is 8.32 Å². The molecule has 3 nitrogen and oxygen atoms in total. The van der Waals surface area contributed by atoms with Gasteiger partial charge < -0.3 is 13.9 Å². The maximum Gasteiger partial charge on any atom is 0.192 e. The number of methoxy groups -OCH3 is 2. The second kappa shape index (κ2) is 14.6. The van der Waals surface area contributed by atoms with Crippen LogP contribution in [0.3, 0.4) is 0 Å². The topological polar surface area (TPSA) is 27.7 Å². The van der Waals surface area contributed by atoms with Crippen molar-refractivity contribution in [2.45, 2.75) is 96.9 Å². The van der Waals surface area contributed by atoms with Gasteiger partial charge in [-0.05, 0) is 66.9 Å². The van der Waals surface area contributed by atoms with Crippen molar-refractivity contribution in [2.24, 2.45) is 5.92 Å². The fourth-order valence-corrected chi connectivity index (χ4v) is 7.63. The lowest BCUT2D eigenvalue weighted by Gasteiger charge is -2.37. The molecule has 0 radical (unpaired) electrons. The van der Waals surface area contributed by atoms with Gasteiger partial charge in [-0.15, -0.1) is 13.2 Å². The minimum Gasteiger partial charge on any atom is -0.496 e. The summed E-state index contributed by atoms with van der Waals surface area (Å²) in [6.07, 6.45) is 9.28. The maximum atomic E-state index is 7.06. The molecule has 0 heterocycles. The first kappa shape index (κ1) is 28.5. The lowest BCUT2D eigenvalue weighted by Crippen LogP contribution is -2.38. The van der Waals surface area contributed by atoms with E-state index in [4.69, 9.17) is 13.9 Å². The van der Waals surface area contributed by atoms with Gasteiger partial charge >= 0.3 is 0 Å². The van der Waals surface area contributed by atoms with Crippen LogP contribution in [0.1, 0.15) is 89.9 Å². The van der Waals surface area contributed by atoms with Crippen molar-refractivity contribution in [2.75, 3.05) is 14.2 Å². The molecule has 0 aliphatic heterocycles. The van der Waals surface area contributed by atoms with Gasteiger partial charge in [0.1, 0.15) is 11.5 Å². The Hall–Kier alpha value is -1.52. The van der Waals surface area contributed by atoms with Gasteiger partial charge in [-0.3, -0.25) is 0 Å². The summed E-state index contributed by atoms with van der Waals surface area (Å²) in [4.78, 5) is 0. The van der Waals surface area contributed by atoms with Crippen LogP contribution in [0.25, 0.3) is 0 Å². The molecule has 3 atom stereocenters. The molecule has 1 rings (SSSR count). The first-order valence-electron chi connectivity index (χ1n) is 12.6. The molecule has 4 heteroatoms. The lowest BCUT2D eigenvalue weighted by molar-refractivity contribution is 0.131. The van der Waals surface area contributed by atoms with Gasteiger partial charge in [0.2, 0.25) is 0 Å². The molecule has 1 aromatic carbocycles. The first-order chi connectivity index (χ1) is 15.4. The SMILES string of the molecule is C=CC[C@@H](CCCC)c1c(OC)cc([C@@H](O[Si](CC)(CC)CC)[C@H](C)CC=C)cc1OC. The minimum absolute atomic E-state index is 0.00450. The molecule has 0 saturated heterocycles. The van der Waals surface area contributed by atoms with Gasteiger partial charge in [-0.2, -0.15) is 0 Å². The number of unbranched alkanes of at least 4 members (excludes halogenated alkanes) is 1. The summed E-state index contributed by atoms with van der Waals surface area (Å²) in [6, 6.07) is 7.78. The largest absolute Gasteiger partial charge is 0.496 e. The molecular formula is C28H48O3Si. The van der Waals surface area contributed by atoms with Crippen LogP contribution < -0.4 is 9.47 Å². The van der Waals surface area contributed by atoms with E-state index in [-0.39, 0.29) is 6.10 Å². The second-order valence-electron chi connectivity index (χ2n) is 8.99. The molecule has 182 valence electrons. The normalized spacial score (nSPS) is 14.5. The Morgan fingerprint density at radius 3 is 1.84 bits per heavy atom. The highest BCUT2D eigenvalue weighted by molar-refractivity contribution is 6.73. The van der Waals surface area contributed by atoms with E-state index in [9.17, 15) is 0 Å². The van der Waals surface area contributed by atoms with Crippen LogP contribution in [0.15, 0.2) is 37.4 Å². The third kappa shape index (κ3) is 7.24. The van der Waals surface area contributed by atoms with Crippen molar-refractivity contribution in [1.29, 1.82) is 0 Å². The van der Waals surface area contributed by atoms with Gasteiger partial charge in [0.05, 0.1) is 20.3 Å². The highest BCUT2D eigenvalue weighted by Gasteiger charge is 2.35. The molecule has 0 aliphatic rings. The van der Waals surface area contributed by atoms with Gasteiger partial charge in [-0.25, -0.2) is 0 Å². The molecule has 0 aliphatic carbocycles. The predicted octanol–water partition coefficient (Wildman–Crippen LogP) is 8.83. The number of hydrogen-bond acceptors (Lipinski definition) is 3. The molecule has 32 heavy (non-hydrogen) atoms. The number of hydrogen-bond donors (Lipinski definition) is 0. The van der Waals surface area contributed by atoms with Crippen LogP contribution in [0.2, 0.25) is 18.1 Å². The number of rotatable bonds is 17. The molecule has 1 aromatic rings. The summed E-state index contributed by atoms with van der Waals surface area (Å²) in [5.41, 5.74) is 2.31. The summed E-state index contributed by atoms with van der Waals surface area (Å²) in [5, 5.41) is 0. The van der Waals surface area contributed by atoms with Gasteiger partial charge in [0, 0.05) is 5.56 Å². The van der Waals surface area contributed by atoms with Gasteiger partial charge in [-0.1, -0.05) is 59.6 Å². The van der Waals surface area contributed by atoms with E-state index in [1.165, 1.54) is 12.8 Å². The molecule has 0 fully saturated rings. The summed E-state index contributed by atoms with van der Waals surface area (Å²) in [7, 11) is 1.72. The van der Waals surface area contributed by atoms with Crippen LogP contribution in [0.5, 0.6) is 11.5 Å². The van der Waals surface area contributed by atoms with Crippen molar-refractivity contribution < 1.29 is 13.9 Å². The standard InChI is InChI=1S/C28H48O3Si/c1-10-16-19-23(18-12-3)27-25(29-8)20-24(21-26(27)30-9)28(22(7)17-11-2)31-32(13-4,14-5)15-6/h11-12,20-23,28H,2-3,10,13-19H2,1,4-9H3/t22-,23+,28+/m1/s1. The third-order valence-corrected chi connectivity index (χ3v) is 11.6. The number of benzene rings is 1. The Morgan fingerprint density at radius 2 is 1.44 bits per heavy atom. The van der Waals surface area contributed by atoms with E-state index in [0.717, 1.165) is 60.0 Å². The van der Waals surface area contributed by atoms with E-state index in [2.05, 4.69) is 59.9 Å². The van der Waals surface area contributed by atoms with Crippen LogP contribution in [-0.2, 0) is 4.43 Å². The fraction of sp³-hybridized carbons (Fsp3) is 0.643. The van der Waals surface area contributed by atoms with Crippen LogP contribution in [-0.4, -0.2) is 22.5 Å².